The van der Waals surface area contributed by atoms with E-state index >= 15 is 0 Å². The molecule has 0 aliphatic rings. The Morgan fingerprint density at radius 2 is 1.58 bits per heavy atom. The largest absolute Gasteiger partial charge is 0.496 e. The SMILES string of the molecule is COc1cc(OC)c(/C=C/S(=O)Cc2ccc(OC)c(OC(C)C(=O)O)c2)c(OC)c1. The molecule has 31 heavy (non-hydrogen) atoms. The van der Waals surface area contributed by atoms with Crippen molar-refractivity contribution in [2.45, 2.75) is 18.8 Å². The molecule has 0 aliphatic carbocycles. The van der Waals surface area contributed by atoms with Crippen LogP contribution < -0.4 is 23.7 Å². The van der Waals surface area contributed by atoms with Gasteiger partial charge in [0, 0.05) is 17.5 Å². The number of benzene rings is 2. The van der Waals surface area contributed by atoms with Crippen molar-refractivity contribution in [3.05, 3.63) is 46.9 Å². The average molecular weight is 451 g/mol. The number of methoxy groups -OCH3 is 4. The highest BCUT2D eigenvalue weighted by Crippen LogP contribution is 2.35. The fourth-order valence-electron chi connectivity index (χ4n) is 2.70. The maximum atomic E-state index is 12.7. The van der Waals surface area contributed by atoms with Crippen LogP contribution in [0.3, 0.4) is 0 Å². The van der Waals surface area contributed by atoms with Crippen LogP contribution in [-0.2, 0) is 21.3 Å². The standard InChI is InChI=1S/C22H26O8S/c1-14(22(23)24)30-21-10-15(6-7-18(21)27-3)13-31(25)9-8-17-19(28-4)11-16(26-2)12-20(17)29-5/h6-12,14H,13H2,1-5H3,(H,23,24)/b9-8+. The van der Waals surface area contributed by atoms with Crippen molar-refractivity contribution in [3.8, 4) is 28.7 Å². The molecule has 0 spiro atoms. The minimum atomic E-state index is -1.37. The predicted molar refractivity (Wildman–Crippen MR) is 118 cm³/mol. The van der Waals surface area contributed by atoms with Gasteiger partial charge in [-0.2, -0.15) is 0 Å². The van der Waals surface area contributed by atoms with Crippen LogP contribution in [-0.4, -0.2) is 49.8 Å². The number of hydrogen-bond acceptors (Lipinski definition) is 7. The van der Waals surface area contributed by atoms with E-state index in [0.717, 1.165) is 0 Å². The van der Waals surface area contributed by atoms with Crippen molar-refractivity contribution in [1.82, 2.24) is 0 Å². The summed E-state index contributed by atoms with van der Waals surface area (Å²) in [5.41, 5.74) is 1.33. The topological polar surface area (TPSA) is 101 Å². The molecule has 0 bridgehead atoms. The Bertz CT molecular complexity index is 945. The monoisotopic (exact) mass is 450 g/mol. The number of aliphatic carboxylic acids is 1. The molecule has 0 aromatic heterocycles. The Balaban J connectivity index is 2.23. The zero-order valence-corrected chi connectivity index (χ0v) is 18.9. The van der Waals surface area contributed by atoms with Gasteiger partial charge in [-0.15, -0.1) is 0 Å². The third kappa shape index (κ3) is 6.39. The molecule has 2 atom stereocenters. The van der Waals surface area contributed by atoms with Crippen LogP contribution in [0, 0.1) is 0 Å². The van der Waals surface area contributed by atoms with Gasteiger partial charge in [0.15, 0.2) is 17.6 Å². The molecular formula is C22H26O8S. The van der Waals surface area contributed by atoms with Gasteiger partial charge in [-0.3, -0.25) is 4.21 Å². The van der Waals surface area contributed by atoms with Gasteiger partial charge in [0.1, 0.15) is 17.2 Å². The molecule has 2 aromatic rings. The van der Waals surface area contributed by atoms with Gasteiger partial charge in [-0.05, 0) is 30.7 Å². The highest BCUT2D eigenvalue weighted by molar-refractivity contribution is 7.87. The van der Waals surface area contributed by atoms with Crippen LogP contribution >= 0.6 is 0 Å². The Morgan fingerprint density at radius 1 is 0.968 bits per heavy atom. The van der Waals surface area contributed by atoms with Crippen LogP contribution in [0.2, 0.25) is 0 Å². The molecule has 0 heterocycles. The molecule has 9 heteroatoms. The quantitative estimate of drug-likeness (QED) is 0.555. The van der Waals surface area contributed by atoms with E-state index in [-0.39, 0.29) is 11.5 Å². The fourth-order valence-corrected chi connectivity index (χ4v) is 3.59. The van der Waals surface area contributed by atoms with Crippen molar-refractivity contribution in [2.75, 3.05) is 28.4 Å². The van der Waals surface area contributed by atoms with E-state index in [1.807, 2.05) is 0 Å². The molecule has 0 amide bonds. The lowest BCUT2D eigenvalue weighted by molar-refractivity contribution is -0.144. The molecular weight excluding hydrogens is 424 g/mol. The summed E-state index contributed by atoms with van der Waals surface area (Å²) in [5.74, 6) is 1.38. The van der Waals surface area contributed by atoms with E-state index in [9.17, 15) is 9.00 Å². The van der Waals surface area contributed by atoms with Crippen molar-refractivity contribution in [2.24, 2.45) is 0 Å². The molecule has 0 fully saturated rings. The van der Waals surface area contributed by atoms with Crippen LogP contribution in [0.15, 0.2) is 35.7 Å². The molecule has 8 nitrogen and oxygen atoms in total. The fraction of sp³-hybridized carbons (Fsp3) is 0.318. The van der Waals surface area contributed by atoms with Crippen LogP contribution in [0.4, 0.5) is 0 Å². The summed E-state index contributed by atoms with van der Waals surface area (Å²) in [7, 11) is 4.69. The Kier molecular flexibility index (Phi) is 8.75. The molecule has 1 N–H and O–H groups in total. The van der Waals surface area contributed by atoms with E-state index in [1.165, 1.54) is 33.7 Å². The van der Waals surface area contributed by atoms with E-state index in [4.69, 9.17) is 28.8 Å². The lowest BCUT2D eigenvalue weighted by atomic mass is 10.1. The summed E-state index contributed by atoms with van der Waals surface area (Å²) >= 11 is 0. The highest BCUT2D eigenvalue weighted by Gasteiger charge is 2.16. The van der Waals surface area contributed by atoms with Crippen LogP contribution in [0.1, 0.15) is 18.1 Å². The number of carboxylic acid groups (broad SMARTS) is 1. The van der Waals surface area contributed by atoms with Gasteiger partial charge in [0.25, 0.3) is 0 Å². The molecule has 0 saturated heterocycles. The molecule has 0 saturated carbocycles. The molecule has 2 aromatic carbocycles. The molecule has 168 valence electrons. The maximum Gasteiger partial charge on any atom is 0.344 e. The van der Waals surface area contributed by atoms with Crippen molar-refractivity contribution in [1.29, 1.82) is 0 Å². The number of hydrogen-bond donors (Lipinski definition) is 1. The highest BCUT2D eigenvalue weighted by atomic mass is 32.2. The summed E-state index contributed by atoms with van der Waals surface area (Å²) in [6.45, 7) is 1.42. The number of rotatable bonds is 11. The average Bonchev–Trinajstić information content (AvgIpc) is 2.77. The van der Waals surface area contributed by atoms with Gasteiger partial charge < -0.3 is 28.8 Å². The number of ether oxygens (including phenoxy) is 5. The molecule has 0 radical (unpaired) electrons. The normalized spacial score (nSPS) is 12.8. The summed E-state index contributed by atoms with van der Waals surface area (Å²) in [6.07, 6.45) is 0.616. The van der Waals surface area contributed by atoms with Crippen LogP contribution in [0.5, 0.6) is 28.7 Å². The first-order valence-corrected chi connectivity index (χ1v) is 10.6. The third-order valence-corrected chi connectivity index (χ3v) is 5.39. The van der Waals surface area contributed by atoms with E-state index in [0.29, 0.717) is 34.1 Å². The summed E-state index contributed by atoms with van der Waals surface area (Å²) in [5, 5.41) is 10.6. The molecule has 2 unspecified atom stereocenters. The van der Waals surface area contributed by atoms with Gasteiger partial charge in [0.05, 0.1) is 50.6 Å². The van der Waals surface area contributed by atoms with E-state index in [1.54, 1.807) is 43.5 Å². The first kappa shape index (κ1) is 24.1. The summed E-state index contributed by atoms with van der Waals surface area (Å²) in [4.78, 5) is 11.1. The first-order chi connectivity index (χ1) is 14.8. The first-order valence-electron chi connectivity index (χ1n) is 9.24. The van der Waals surface area contributed by atoms with E-state index in [2.05, 4.69) is 0 Å². The minimum Gasteiger partial charge on any atom is -0.496 e. The smallest absolute Gasteiger partial charge is 0.344 e. The summed E-state index contributed by atoms with van der Waals surface area (Å²) in [6, 6.07) is 8.44. The second-order valence-electron chi connectivity index (χ2n) is 6.36. The zero-order chi connectivity index (χ0) is 23.0. The lowest BCUT2D eigenvalue weighted by Gasteiger charge is -2.14. The van der Waals surface area contributed by atoms with Crippen LogP contribution in [0.25, 0.3) is 6.08 Å². The van der Waals surface area contributed by atoms with Gasteiger partial charge in [0.2, 0.25) is 0 Å². The molecule has 0 aliphatic heterocycles. The minimum absolute atomic E-state index is 0.194. The van der Waals surface area contributed by atoms with E-state index < -0.39 is 22.9 Å². The maximum absolute atomic E-state index is 12.7. The Hall–Kier alpha value is -3.20. The Labute approximate surface area is 183 Å². The van der Waals surface area contributed by atoms with Gasteiger partial charge in [-0.25, -0.2) is 4.79 Å². The number of carboxylic acids is 1. The molecule has 2 rings (SSSR count). The van der Waals surface area contributed by atoms with Crippen molar-refractivity contribution >= 4 is 22.8 Å². The van der Waals surface area contributed by atoms with Crippen molar-refractivity contribution in [3.63, 3.8) is 0 Å². The Morgan fingerprint density at radius 3 is 2.10 bits per heavy atom. The van der Waals surface area contributed by atoms with Crippen molar-refractivity contribution < 1.29 is 37.8 Å². The number of carbonyl (C=O) groups is 1. The predicted octanol–water partition coefficient (Wildman–Crippen LogP) is 3.49. The summed E-state index contributed by atoms with van der Waals surface area (Å²) < 4.78 is 39.3. The zero-order valence-electron chi connectivity index (χ0n) is 18.0. The third-order valence-electron chi connectivity index (χ3n) is 4.33. The second kappa shape index (κ2) is 11.3. The van der Waals surface area contributed by atoms with Gasteiger partial charge in [-0.1, -0.05) is 6.07 Å². The lowest BCUT2D eigenvalue weighted by Crippen LogP contribution is -2.23. The van der Waals surface area contributed by atoms with Gasteiger partial charge >= 0.3 is 5.97 Å². The second-order valence-corrected chi connectivity index (χ2v) is 7.68.